The van der Waals surface area contributed by atoms with Crippen LogP contribution in [0.1, 0.15) is 34.1 Å². The van der Waals surface area contributed by atoms with Gasteiger partial charge in [-0.15, -0.1) is 11.3 Å². The third-order valence-electron chi connectivity index (χ3n) is 5.16. The summed E-state index contributed by atoms with van der Waals surface area (Å²) in [6, 6.07) is 22.6. The summed E-state index contributed by atoms with van der Waals surface area (Å²) in [5, 5.41) is 5.26. The fraction of sp³-hybridized carbons (Fsp3) is 0.261. The van der Waals surface area contributed by atoms with Gasteiger partial charge in [0, 0.05) is 17.0 Å². The fourth-order valence-corrected chi connectivity index (χ4v) is 4.54. The van der Waals surface area contributed by atoms with Crippen molar-refractivity contribution < 1.29 is 4.79 Å². The maximum atomic E-state index is 12.7. The van der Waals surface area contributed by atoms with Crippen molar-refractivity contribution >= 4 is 17.2 Å². The molecule has 1 fully saturated rings. The van der Waals surface area contributed by atoms with Gasteiger partial charge in [-0.25, -0.2) is 0 Å². The van der Waals surface area contributed by atoms with Crippen molar-refractivity contribution in [1.29, 1.82) is 0 Å². The summed E-state index contributed by atoms with van der Waals surface area (Å²) in [7, 11) is 0. The second-order valence-corrected chi connectivity index (χ2v) is 7.91. The highest BCUT2D eigenvalue weighted by Gasteiger charge is 2.24. The van der Waals surface area contributed by atoms with Gasteiger partial charge in [0.05, 0.1) is 6.04 Å². The molecule has 1 atom stereocenters. The normalized spacial score (nSPS) is 15.6. The van der Waals surface area contributed by atoms with E-state index in [4.69, 9.17) is 0 Å². The highest BCUT2D eigenvalue weighted by Crippen LogP contribution is 2.28. The number of amides is 1. The van der Waals surface area contributed by atoms with Gasteiger partial charge < -0.3 is 5.32 Å². The van der Waals surface area contributed by atoms with E-state index < -0.39 is 0 Å². The van der Waals surface area contributed by atoms with Crippen LogP contribution in [-0.2, 0) is 0 Å². The Labute approximate surface area is 164 Å². The molecule has 3 aromatic rings. The Morgan fingerprint density at radius 1 is 0.926 bits per heavy atom. The van der Waals surface area contributed by atoms with Gasteiger partial charge in [0.25, 0.3) is 5.91 Å². The van der Waals surface area contributed by atoms with Crippen molar-refractivity contribution in [2.24, 2.45) is 0 Å². The largest absolute Gasteiger partial charge is 0.350 e. The number of rotatable bonds is 6. The number of benzene rings is 2. The summed E-state index contributed by atoms with van der Waals surface area (Å²) < 4.78 is 0. The average molecular weight is 377 g/mol. The summed E-state index contributed by atoms with van der Waals surface area (Å²) in [5.74, 6) is -0.00429. The van der Waals surface area contributed by atoms with Crippen molar-refractivity contribution in [2.45, 2.75) is 18.9 Å². The lowest BCUT2D eigenvalue weighted by atomic mass is 10.0. The number of hydrogen-bond acceptors (Lipinski definition) is 3. The monoisotopic (exact) mass is 376 g/mol. The molecule has 4 heteroatoms. The molecular formula is C23H24N2OS. The van der Waals surface area contributed by atoms with E-state index in [-0.39, 0.29) is 11.9 Å². The van der Waals surface area contributed by atoms with Crippen molar-refractivity contribution in [1.82, 2.24) is 10.2 Å². The van der Waals surface area contributed by atoms with Gasteiger partial charge in [0.15, 0.2) is 0 Å². The number of likely N-dealkylation sites (tertiary alicyclic amines) is 1. The predicted molar refractivity (Wildman–Crippen MR) is 112 cm³/mol. The molecule has 1 aliphatic rings. The van der Waals surface area contributed by atoms with Crippen LogP contribution in [0.4, 0.5) is 0 Å². The van der Waals surface area contributed by atoms with E-state index in [0.29, 0.717) is 12.1 Å². The Morgan fingerprint density at radius 3 is 2.30 bits per heavy atom. The molecule has 0 spiro atoms. The lowest BCUT2D eigenvalue weighted by Gasteiger charge is -2.27. The number of carbonyl (C=O) groups is 1. The molecule has 0 unspecified atom stereocenters. The summed E-state index contributed by atoms with van der Waals surface area (Å²) >= 11 is 1.77. The molecule has 3 nitrogen and oxygen atoms in total. The first-order valence-electron chi connectivity index (χ1n) is 9.52. The molecule has 0 bridgehead atoms. The summed E-state index contributed by atoms with van der Waals surface area (Å²) in [4.78, 5) is 16.5. The van der Waals surface area contributed by atoms with E-state index in [1.807, 2.05) is 42.5 Å². The Hall–Kier alpha value is -2.43. The number of nitrogens with zero attached hydrogens (tertiary/aromatic N) is 1. The van der Waals surface area contributed by atoms with E-state index in [1.165, 1.54) is 17.7 Å². The standard InChI is InChI=1S/C23H24N2OS/c26-23(20-12-10-19(11-13-20)18-7-2-1-3-8-18)24-17-21(22-9-6-16-27-22)25-14-4-5-15-25/h1-3,6-13,16,21H,4-5,14-15,17H2,(H,24,26)/t21-/m1/s1. The van der Waals surface area contributed by atoms with Gasteiger partial charge in [-0.3, -0.25) is 9.69 Å². The second-order valence-electron chi connectivity index (χ2n) is 6.93. The van der Waals surface area contributed by atoms with Crippen LogP contribution in [0.25, 0.3) is 11.1 Å². The van der Waals surface area contributed by atoms with Gasteiger partial charge in [0.2, 0.25) is 0 Å². The van der Waals surface area contributed by atoms with Gasteiger partial charge in [0.1, 0.15) is 0 Å². The maximum Gasteiger partial charge on any atom is 0.251 e. The van der Waals surface area contributed by atoms with Crippen LogP contribution < -0.4 is 5.32 Å². The van der Waals surface area contributed by atoms with Crippen LogP contribution >= 0.6 is 11.3 Å². The molecule has 1 aromatic heterocycles. The molecule has 2 heterocycles. The average Bonchev–Trinajstić information content (AvgIpc) is 3.44. The maximum absolute atomic E-state index is 12.7. The Bertz CT molecular complexity index is 853. The Kier molecular flexibility index (Phi) is 5.66. The zero-order chi connectivity index (χ0) is 18.5. The molecule has 138 valence electrons. The molecular weight excluding hydrogens is 352 g/mol. The third kappa shape index (κ3) is 4.29. The molecule has 0 radical (unpaired) electrons. The number of thiophene rings is 1. The SMILES string of the molecule is O=C(NC[C@H](c1cccs1)N1CCCC1)c1ccc(-c2ccccc2)cc1. The molecule has 1 saturated heterocycles. The lowest BCUT2D eigenvalue weighted by Crippen LogP contribution is -2.36. The minimum atomic E-state index is -0.00429. The Morgan fingerprint density at radius 2 is 1.63 bits per heavy atom. The van der Waals surface area contributed by atoms with Gasteiger partial charge >= 0.3 is 0 Å². The van der Waals surface area contributed by atoms with E-state index in [2.05, 4.69) is 39.9 Å². The minimum Gasteiger partial charge on any atom is -0.350 e. The molecule has 1 amide bonds. The van der Waals surface area contributed by atoms with Crippen molar-refractivity contribution in [3.05, 3.63) is 82.6 Å². The van der Waals surface area contributed by atoms with Crippen molar-refractivity contribution in [2.75, 3.05) is 19.6 Å². The quantitative estimate of drug-likeness (QED) is 0.658. The summed E-state index contributed by atoms with van der Waals surface area (Å²) in [5.41, 5.74) is 3.00. The van der Waals surface area contributed by atoms with Crippen LogP contribution in [0, 0.1) is 0 Å². The molecule has 0 saturated carbocycles. The topological polar surface area (TPSA) is 32.3 Å². The number of carbonyl (C=O) groups excluding carboxylic acids is 1. The zero-order valence-corrected chi connectivity index (χ0v) is 16.1. The van der Waals surface area contributed by atoms with Gasteiger partial charge in [-0.05, 0) is 60.6 Å². The molecule has 1 N–H and O–H groups in total. The van der Waals surface area contributed by atoms with Gasteiger partial charge in [-0.1, -0.05) is 48.5 Å². The van der Waals surface area contributed by atoms with Crippen molar-refractivity contribution in [3.8, 4) is 11.1 Å². The number of hydrogen-bond donors (Lipinski definition) is 1. The second kappa shape index (κ2) is 8.51. The highest BCUT2D eigenvalue weighted by atomic mass is 32.1. The summed E-state index contributed by atoms with van der Waals surface area (Å²) in [6.07, 6.45) is 2.49. The van der Waals surface area contributed by atoms with E-state index in [9.17, 15) is 4.79 Å². The van der Waals surface area contributed by atoms with Gasteiger partial charge in [-0.2, -0.15) is 0 Å². The van der Waals surface area contributed by atoms with Crippen LogP contribution in [0.15, 0.2) is 72.1 Å². The van der Waals surface area contributed by atoms with Crippen LogP contribution in [0.2, 0.25) is 0 Å². The van der Waals surface area contributed by atoms with Crippen molar-refractivity contribution in [3.63, 3.8) is 0 Å². The van der Waals surface area contributed by atoms with Crippen LogP contribution in [0.3, 0.4) is 0 Å². The van der Waals surface area contributed by atoms with E-state index >= 15 is 0 Å². The minimum absolute atomic E-state index is 0.00429. The molecule has 4 rings (SSSR count). The molecule has 1 aliphatic heterocycles. The zero-order valence-electron chi connectivity index (χ0n) is 15.3. The van der Waals surface area contributed by atoms with Crippen LogP contribution in [0.5, 0.6) is 0 Å². The Balaban J connectivity index is 1.42. The first-order chi connectivity index (χ1) is 13.3. The fourth-order valence-electron chi connectivity index (χ4n) is 3.68. The lowest BCUT2D eigenvalue weighted by molar-refractivity contribution is 0.0938. The predicted octanol–water partition coefficient (Wildman–Crippen LogP) is 4.98. The van der Waals surface area contributed by atoms with Crippen LogP contribution in [-0.4, -0.2) is 30.4 Å². The van der Waals surface area contributed by atoms with E-state index in [0.717, 1.165) is 24.2 Å². The first kappa shape index (κ1) is 18.0. The molecule has 27 heavy (non-hydrogen) atoms. The van der Waals surface area contributed by atoms with E-state index in [1.54, 1.807) is 11.3 Å². The third-order valence-corrected chi connectivity index (χ3v) is 6.14. The highest BCUT2D eigenvalue weighted by molar-refractivity contribution is 7.10. The first-order valence-corrected chi connectivity index (χ1v) is 10.4. The molecule has 2 aromatic carbocycles. The molecule has 0 aliphatic carbocycles. The summed E-state index contributed by atoms with van der Waals surface area (Å²) in [6.45, 7) is 2.88. The smallest absolute Gasteiger partial charge is 0.251 e. The number of nitrogens with one attached hydrogen (secondary N) is 1.